The fourth-order valence-electron chi connectivity index (χ4n) is 5.07. The monoisotopic (exact) mass is 483 g/mol. The van der Waals surface area contributed by atoms with E-state index in [-0.39, 0.29) is 16.4 Å². The molecule has 0 spiro atoms. The molecule has 13 heteroatoms. The Kier molecular flexibility index (Phi) is 6.42. The number of hydrogen-bond acceptors (Lipinski definition) is 7. The summed E-state index contributed by atoms with van der Waals surface area (Å²) >= 11 is 1.57. The molecule has 1 aromatic carbocycles. The first-order valence-electron chi connectivity index (χ1n) is 12.4. The summed E-state index contributed by atoms with van der Waals surface area (Å²) in [5.41, 5.74) is 1.72. The van der Waals surface area contributed by atoms with Crippen molar-refractivity contribution in [2.45, 2.75) is 10.5 Å². The van der Waals surface area contributed by atoms with Crippen molar-refractivity contribution >= 4 is 72.6 Å². The molecule has 4 heterocycles. The number of carbonyl (C=O) groups excluding carboxylic acids is 1. The number of carbonyl (C=O) groups is 1. The molecule has 1 fully saturated rings. The molecule has 2 aromatic heterocycles. The van der Waals surface area contributed by atoms with Crippen LogP contribution in [0.3, 0.4) is 0 Å². The first-order chi connectivity index (χ1) is 16.6. The fourth-order valence-corrected chi connectivity index (χ4v) is 5.86. The van der Waals surface area contributed by atoms with Gasteiger partial charge in [-0.1, -0.05) is 12.1 Å². The van der Waals surface area contributed by atoms with E-state index >= 15 is 0 Å². The molecule has 2 aliphatic heterocycles. The number of piperazine rings is 1. The Labute approximate surface area is 215 Å². The maximum absolute atomic E-state index is 13.3. The van der Waals surface area contributed by atoms with E-state index in [1.807, 2.05) is 34.5 Å². The second-order valence-electron chi connectivity index (χ2n) is 11.2. The van der Waals surface area contributed by atoms with Crippen LogP contribution in [0.25, 0.3) is 10.1 Å². The number of benzene rings is 1. The molecular weight excluding hydrogens is 452 g/mol. The van der Waals surface area contributed by atoms with Gasteiger partial charge in [0.2, 0.25) is 5.88 Å². The summed E-state index contributed by atoms with van der Waals surface area (Å²) in [6, 6.07) is 10.4. The van der Waals surface area contributed by atoms with E-state index in [9.17, 15) is 4.79 Å². The SMILES string of the molecule is BC(B)(B)Oc1cc2c(cn1)C(=O)N(CCN1CCN(c3nsc4ccccc34)CC1)CC2(B)B. The van der Waals surface area contributed by atoms with Gasteiger partial charge in [0.1, 0.15) is 45.0 Å². The van der Waals surface area contributed by atoms with Crippen LogP contribution in [0.4, 0.5) is 5.82 Å². The standard InChI is InChI=1S/C22H30B5N5O2S/c23-21(24)13-32(20(33)15-12-28-18(11-16(15)21)34-22(25,26)27)10-7-30-5-8-31(9-6-30)19-14-3-1-2-4-17(14)35-29-19/h1-4,11-12H,5-10,13,23-27H2. The van der Waals surface area contributed by atoms with Gasteiger partial charge in [0.15, 0.2) is 0 Å². The van der Waals surface area contributed by atoms with E-state index in [0.717, 1.165) is 50.6 Å². The van der Waals surface area contributed by atoms with Gasteiger partial charge in [0.25, 0.3) is 5.91 Å². The van der Waals surface area contributed by atoms with E-state index in [1.54, 1.807) is 17.7 Å². The van der Waals surface area contributed by atoms with E-state index in [2.05, 4.69) is 54.7 Å². The van der Waals surface area contributed by atoms with E-state index in [4.69, 9.17) is 9.11 Å². The van der Waals surface area contributed by atoms with Gasteiger partial charge in [0, 0.05) is 68.8 Å². The van der Waals surface area contributed by atoms with Crippen LogP contribution >= 0.6 is 11.5 Å². The lowest BCUT2D eigenvalue weighted by Crippen LogP contribution is -2.54. The average molecular weight is 483 g/mol. The molecule has 0 aliphatic carbocycles. The second-order valence-corrected chi connectivity index (χ2v) is 12.0. The van der Waals surface area contributed by atoms with Crippen molar-refractivity contribution in [3.8, 4) is 5.88 Å². The molecule has 0 atom stereocenters. The lowest BCUT2D eigenvalue weighted by atomic mass is 9.49. The van der Waals surface area contributed by atoms with Crippen molar-refractivity contribution in [2.24, 2.45) is 0 Å². The molecule has 3 aromatic rings. The third-order valence-corrected chi connectivity index (χ3v) is 7.66. The van der Waals surface area contributed by atoms with Gasteiger partial charge in [-0.05, 0) is 34.4 Å². The molecule has 0 radical (unpaired) electrons. The van der Waals surface area contributed by atoms with Gasteiger partial charge in [0.05, 0.1) is 10.3 Å². The number of rotatable bonds is 6. The smallest absolute Gasteiger partial charge is 0.255 e. The third kappa shape index (κ3) is 5.12. The van der Waals surface area contributed by atoms with E-state index < -0.39 is 0 Å². The van der Waals surface area contributed by atoms with Crippen molar-refractivity contribution in [2.75, 3.05) is 50.7 Å². The number of pyridine rings is 1. The first-order valence-corrected chi connectivity index (χ1v) is 13.2. The zero-order valence-corrected chi connectivity index (χ0v) is 22.2. The highest BCUT2D eigenvalue weighted by Crippen LogP contribution is 2.32. The summed E-state index contributed by atoms with van der Waals surface area (Å²) in [4.78, 5) is 24.6. The summed E-state index contributed by atoms with van der Waals surface area (Å²) < 4.78 is 11.9. The first kappa shape index (κ1) is 24.3. The predicted octanol–water partition coefficient (Wildman–Crippen LogP) is -2.72. The normalized spacial score (nSPS) is 18.6. The summed E-state index contributed by atoms with van der Waals surface area (Å²) in [6.45, 7) is 6.16. The molecule has 1 amide bonds. The number of anilines is 1. The van der Waals surface area contributed by atoms with Crippen LogP contribution in [-0.4, -0.2) is 115 Å². The summed E-state index contributed by atoms with van der Waals surface area (Å²) in [5.74, 6) is 1.76. The number of amides is 1. The lowest BCUT2D eigenvalue weighted by Gasteiger charge is -2.41. The molecular formula is C22H30B5N5O2S. The molecule has 5 rings (SSSR count). The molecule has 0 N–H and O–H groups in total. The van der Waals surface area contributed by atoms with Crippen molar-refractivity contribution in [3.05, 3.63) is 47.7 Å². The van der Waals surface area contributed by atoms with Gasteiger partial charge >= 0.3 is 0 Å². The highest BCUT2D eigenvalue weighted by Gasteiger charge is 2.37. The minimum Gasteiger partial charge on any atom is -0.499 e. The van der Waals surface area contributed by atoms with Crippen LogP contribution in [0.1, 0.15) is 15.9 Å². The maximum Gasteiger partial charge on any atom is 0.255 e. The number of fused-ring (bicyclic) bond motifs is 2. The minimum absolute atomic E-state index is 0.0710. The average Bonchev–Trinajstić information content (AvgIpc) is 3.24. The second kappa shape index (κ2) is 9.24. The number of hydrogen-bond donors (Lipinski definition) is 0. The van der Waals surface area contributed by atoms with E-state index in [0.29, 0.717) is 18.0 Å². The molecule has 35 heavy (non-hydrogen) atoms. The lowest BCUT2D eigenvalue weighted by molar-refractivity contribution is 0.0703. The zero-order chi connectivity index (χ0) is 24.8. The van der Waals surface area contributed by atoms with Crippen molar-refractivity contribution in [1.82, 2.24) is 19.2 Å². The molecule has 0 unspecified atom stereocenters. The quantitative estimate of drug-likeness (QED) is 0.356. The van der Waals surface area contributed by atoms with Gasteiger partial charge in [-0.3, -0.25) is 9.69 Å². The highest BCUT2D eigenvalue weighted by atomic mass is 32.1. The topological polar surface area (TPSA) is 61.8 Å². The van der Waals surface area contributed by atoms with Gasteiger partial charge in [-0.15, -0.1) is 0 Å². The van der Waals surface area contributed by atoms with Gasteiger partial charge in [-0.25, -0.2) is 4.98 Å². The molecule has 2 aliphatic rings. The maximum atomic E-state index is 13.3. The Hall–Kier alpha value is -2.39. The van der Waals surface area contributed by atoms with Crippen LogP contribution in [0, 0.1) is 0 Å². The Bertz CT molecular complexity index is 1240. The predicted molar refractivity (Wildman–Crippen MR) is 156 cm³/mol. The van der Waals surface area contributed by atoms with Crippen molar-refractivity contribution in [1.29, 1.82) is 0 Å². The molecule has 176 valence electrons. The molecule has 1 saturated heterocycles. The van der Waals surface area contributed by atoms with E-state index in [1.165, 1.54) is 10.1 Å². The number of ether oxygens (including phenoxy) is 1. The summed E-state index contributed by atoms with van der Waals surface area (Å²) in [7, 11) is 10.4. The minimum atomic E-state index is -0.327. The molecule has 0 saturated carbocycles. The number of nitrogens with zero attached hydrogens (tertiary/aromatic N) is 5. The molecule has 0 bridgehead atoms. The van der Waals surface area contributed by atoms with Crippen LogP contribution in [0.15, 0.2) is 36.5 Å². The fraction of sp³-hybridized carbons (Fsp3) is 0.409. The summed E-state index contributed by atoms with van der Waals surface area (Å²) in [6.07, 6.45) is 1.70. The Morgan fingerprint density at radius 2 is 1.83 bits per heavy atom. The number of aromatic nitrogens is 2. The van der Waals surface area contributed by atoms with Crippen molar-refractivity contribution < 1.29 is 9.53 Å². The largest absolute Gasteiger partial charge is 0.499 e. The molecule has 7 nitrogen and oxygen atoms in total. The Balaban J connectivity index is 1.21. The Morgan fingerprint density at radius 1 is 1.09 bits per heavy atom. The summed E-state index contributed by atoms with van der Waals surface area (Å²) in [5, 5.41) is 0.759. The van der Waals surface area contributed by atoms with Gasteiger partial charge in [-0.2, -0.15) is 4.37 Å². The van der Waals surface area contributed by atoms with Gasteiger partial charge < -0.3 is 14.5 Å². The van der Waals surface area contributed by atoms with Crippen LogP contribution in [0.5, 0.6) is 5.88 Å². The Morgan fingerprint density at radius 3 is 2.57 bits per heavy atom. The van der Waals surface area contributed by atoms with Crippen LogP contribution in [0.2, 0.25) is 0 Å². The highest BCUT2D eigenvalue weighted by molar-refractivity contribution is 7.13. The van der Waals surface area contributed by atoms with Crippen molar-refractivity contribution in [3.63, 3.8) is 0 Å². The third-order valence-electron chi connectivity index (χ3n) is 6.84. The zero-order valence-electron chi connectivity index (χ0n) is 21.4. The van der Waals surface area contributed by atoms with Crippen LogP contribution < -0.4 is 9.64 Å². The van der Waals surface area contributed by atoms with Crippen LogP contribution in [-0.2, 0) is 5.21 Å².